The van der Waals surface area contributed by atoms with Crippen LogP contribution in [0, 0.1) is 5.41 Å². The van der Waals surface area contributed by atoms with E-state index in [1.165, 1.54) is 0 Å². The van der Waals surface area contributed by atoms with E-state index < -0.39 is 0 Å². The van der Waals surface area contributed by atoms with E-state index in [1.54, 1.807) is 12.1 Å². The molecule has 21 heavy (non-hydrogen) atoms. The smallest absolute Gasteiger partial charge is 0.251 e. The van der Waals surface area contributed by atoms with Crippen LogP contribution in [0.2, 0.25) is 0 Å². The summed E-state index contributed by atoms with van der Waals surface area (Å²) in [5.74, 6) is -0.126. The Kier molecular flexibility index (Phi) is 6.03. The molecule has 1 rings (SSSR count). The summed E-state index contributed by atoms with van der Waals surface area (Å²) in [4.78, 5) is 11.8. The quantitative estimate of drug-likeness (QED) is 0.606. The summed E-state index contributed by atoms with van der Waals surface area (Å²) in [6.07, 6.45) is 0.640. The number of aliphatic hydroxyl groups excluding tert-OH is 1. The Bertz CT molecular complexity index is 481. The molecule has 0 saturated carbocycles. The number of rotatable bonds is 6. The molecule has 5 N–H and O–H groups in total. The summed E-state index contributed by atoms with van der Waals surface area (Å²) in [5.41, 5.74) is 7.90. The minimum atomic E-state index is -0.126. The first-order valence-corrected chi connectivity index (χ1v) is 7.34. The number of carbonyl (C=O) groups is 1. The standard InChI is InChI=1S/C16H27N3O2/c1-5-18-15(21)11-6-7-13(12(17)10-11)19-14(8-9-20)16(2,3)4/h6-7,10,14,19-20H,5,8-9,17H2,1-4H3,(H,18,21). The molecule has 1 amide bonds. The maximum atomic E-state index is 11.8. The van der Waals surface area contributed by atoms with Gasteiger partial charge in [0.25, 0.3) is 5.91 Å². The maximum Gasteiger partial charge on any atom is 0.251 e. The lowest BCUT2D eigenvalue weighted by Gasteiger charge is -2.32. The molecule has 0 heterocycles. The molecule has 118 valence electrons. The Balaban J connectivity index is 2.91. The number of hydrogen-bond donors (Lipinski definition) is 4. The summed E-state index contributed by atoms with van der Waals surface area (Å²) in [6, 6.07) is 5.34. The van der Waals surface area contributed by atoms with Gasteiger partial charge in [0.2, 0.25) is 0 Å². The molecule has 0 aliphatic rings. The summed E-state index contributed by atoms with van der Waals surface area (Å²) in [7, 11) is 0. The van der Waals surface area contributed by atoms with Crippen LogP contribution in [-0.2, 0) is 0 Å². The highest BCUT2D eigenvalue weighted by Gasteiger charge is 2.24. The Hall–Kier alpha value is -1.75. The monoisotopic (exact) mass is 293 g/mol. The van der Waals surface area contributed by atoms with Gasteiger partial charge < -0.3 is 21.5 Å². The molecule has 5 heteroatoms. The van der Waals surface area contributed by atoms with Gasteiger partial charge in [0.1, 0.15) is 0 Å². The van der Waals surface area contributed by atoms with E-state index in [-0.39, 0.29) is 24.0 Å². The van der Waals surface area contributed by atoms with Crippen LogP contribution in [0.25, 0.3) is 0 Å². The number of carbonyl (C=O) groups excluding carboxylic acids is 1. The van der Waals surface area contributed by atoms with E-state index in [4.69, 9.17) is 5.73 Å². The maximum absolute atomic E-state index is 11.8. The molecule has 0 aliphatic carbocycles. The first-order valence-electron chi connectivity index (χ1n) is 7.34. The van der Waals surface area contributed by atoms with Crippen LogP contribution in [-0.4, -0.2) is 30.2 Å². The van der Waals surface area contributed by atoms with Crippen LogP contribution in [0.15, 0.2) is 18.2 Å². The third-order valence-electron chi connectivity index (χ3n) is 3.44. The van der Waals surface area contributed by atoms with E-state index in [1.807, 2.05) is 13.0 Å². The van der Waals surface area contributed by atoms with Crippen LogP contribution < -0.4 is 16.4 Å². The van der Waals surface area contributed by atoms with E-state index in [0.717, 1.165) is 5.69 Å². The van der Waals surface area contributed by atoms with Crippen molar-refractivity contribution >= 4 is 17.3 Å². The zero-order valence-electron chi connectivity index (χ0n) is 13.4. The molecule has 0 bridgehead atoms. The SMILES string of the molecule is CCNC(=O)c1ccc(NC(CCO)C(C)(C)C)c(N)c1. The van der Waals surface area contributed by atoms with Gasteiger partial charge in [-0.3, -0.25) is 4.79 Å². The van der Waals surface area contributed by atoms with Gasteiger partial charge in [-0.15, -0.1) is 0 Å². The molecule has 1 unspecified atom stereocenters. The number of hydrogen-bond acceptors (Lipinski definition) is 4. The lowest BCUT2D eigenvalue weighted by atomic mass is 9.84. The molecule has 0 fully saturated rings. The second kappa shape index (κ2) is 7.31. The topological polar surface area (TPSA) is 87.4 Å². The minimum Gasteiger partial charge on any atom is -0.397 e. The summed E-state index contributed by atoms with van der Waals surface area (Å²) in [6.45, 7) is 8.91. The van der Waals surface area contributed by atoms with Crippen molar-refractivity contribution in [2.24, 2.45) is 5.41 Å². The fraction of sp³-hybridized carbons (Fsp3) is 0.562. The van der Waals surface area contributed by atoms with Gasteiger partial charge in [-0.2, -0.15) is 0 Å². The van der Waals surface area contributed by atoms with Gasteiger partial charge in [-0.05, 0) is 37.0 Å². The fourth-order valence-electron chi connectivity index (χ4n) is 2.14. The molecule has 1 aromatic carbocycles. The predicted molar refractivity (Wildman–Crippen MR) is 87.4 cm³/mol. The molecule has 1 atom stereocenters. The number of amides is 1. The predicted octanol–water partition coefficient (Wildman–Crippen LogP) is 2.23. The summed E-state index contributed by atoms with van der Waals surface area (Å²) < 4.78 is 0. The van der Waals surface area contributed by atoms with Gasteiger partial charge in [-0.25, -0.2) is 0 Å². The van der Waals surface area contributed by atoms with E-state index in [0.29, 0.717) is 24.2 Å². The zero-order valence-corrected chi connectivity index (χ0v) is 13.4. The van der Waals surface area contributed by atoms with Gasteiger partial charge in [0, 0.05) is 24.8 Å². The van der Waals surface area contributed by atoms with Crippen molar-refractivity contribution in [1.82, 2.24) is 5.32 Å². The molecule has 0 aliphatic heterocycles. The first kappa shape index (κ1) is 17.3. The Morgan fingerprint density at radius 3 is 2.52 bits per heavy atom. The van der Waals surface area contributed by atoms with Gasteiger partial charge >= 0.3 is 0 Å². The van der Waals surface area contributed by atoms with Crippen LogP contribution in [0.3, 0.4) is 0 Å². The van der Waals surface area contributed by atoms with Crippen molar-refractivity contribution < 1.29 is 9.90 Å². The number of benzene rings is 1. The van der Waals surface area contributed by atoms with E-state index >= 15 is 0 Å². The number of aliphatic hydroxyl groups is 1. The number of nitrogens with two attached hydrogens (primary N) is 1. The normalized spacial score (nSPS) is 12.8. The lowest BCUT2D eigenvalue weighted by Crippen LogP contribution is -2.35. The van der Waals surface area contributed by atoms with Crippen molar-refractivity contribution in [1.29, 1.82) is 0 Å². The lowest BCUT2D eigenvalue weighted by molar-refractivity contribution is 0.0956. The van der Waals surface area contributed by atoms with Crippen molar-refractivity contribution in [2.75, 3.05) is 24.2 Å². The van der Waals surface area contributed by atoms with Crippen LogP contribution in [0.4, 0.5) is 11.4 Å². The molecule has 0 radical (unpaired) electrons. The van der Waals surface area contributed by atoms with Crippen LogP contribution in [0.1, 0.15) is 44.5 Å². The van der Waals surface area contributed by atoms with Gasteiger partial charge in [0.15, 0.2) is 0 Å². The van der Waals surface area contributed by atoms with Gasteiger partial charge in [0.05, 0.1) is 11.4 Å². The molecular formula is C16H27N3O2. The number of nitrogen functional groups attached to an aromatic ring is 1. The summed E-state index contributed by atoms with van der Waals surface area (Å²) >= 11 is 0. The Morgan fingerprint density at radius 2 is 2.05 bits per heavy atom. The number of anilines is 2. The van der Waals surface area contributed by atoms with Crippen molar-refractivity contribution in [3.63, 3.8) is 0 Å². The summed E-state index contributed by atoms with van der Waals surface area (Å²) in [5, 5.41) is 15.3. The number of nitrogens with one attached hydrogen (secondary N) is 2. The first-order chi connectivity index (χ1) is 9.79. The highest BCUT2D eigenvalue weighted by atomic mass is 16.3. The van der Waals surface area contributed by atoms with Crippen LogP contribution in [0.5, 0.6) is 0 Å². The third kappa shape index (κ3) is 4.93. The Morgan fingerprint density at radius 1 is 1.38 bits per heavy atom. The highest BCUT2D eigenvalue weighted by molar-refractivity contribution is 5.96. The third-order valence-corrected chi connectivity index (χ3v) is 3.44. The van der Waals surface area contributed by atoms with Gasteiger partial charge in [-0.1, -0.05) is 20.8 Å². The largest absolute Gasteiger partial charge is 0.397 e. The highest BCUT2D eigenvalue weighted by Crippen LogP contribution is 2.28. The Labute approximate surface area is 126 Å². The average Bonchev–Trinajstić information content (AvgIpc) is 2.39. The van der Waals surface area contributed by atoms with E-state index in [9.17, 15) is 9.90 Å². The minimum absolute atomic E-state index is 0.00652. The molecule has 0 aromatic heterocycles. The van der Waals surface area contributed by atoms with E-state index in [2.05, 4.69) is 31.4 Å². The molecule has 0 spiro atoms. The zero-order chi connectivity index (χ0) is 16.0. The molecule has 1 aromatic rings. The molecular weight excluding hydrogens is 266 g/mol. The fourth-order valence-corrected chi connectivity index (χ4v) is 2.14. The van der Waals surface area contributed by atoms with Crippen molar-refractivity contribution in [3.8, 4) is 0 Å². The molecule has 5 nitrogen and oxygen atoms in total. The van der Waals surface area contributed by atoms with Crippen molar-refractivity contribution in [3.05, 3.63) is 23.8 Å². The van der Waals surface area contributed by atoms with Crippen LogP contribution >= 0.6 is 0 Å². The molecule has 0 saturated heterocycles. The second-order valence-electron chi connectivity index (χ2n) is 6.24. The van der Waals surface area contributed by atoms with Crippen molar-refractivity contribution in [2.45, 2.75) is 40.2 Å². The second-order valence-corrected chi connectivity index (χ2v) is 6.24. The average molecular weight is 293 g/mol.